The Bertz CT molecular complexity index is 766. The van der Waals surface area contributed by atoms with Crippen molar-refractivity contribution in [3.05, 3.63) is 83.6 Å². The first-order valence-electron chi connectivity index (χ1n) is 8.04. The molecule has 4 nitrogen and oxygen atoms in total. The maximum absolute atomic E-state index is 13.0. The highest BCUT2D eigenvalue weighted by Gasteiger charge is 2.37. The number of nitrogens with one attached hydrogen (secondary N) is 2. The number of aryl methyl sites for hydroxylation is 1. The summed E-state index contributed by atoms with van der Waals surface area (Å²) in [4.78, 5) is 24.9. The average molecular weight is 320 g/mol. The van der Waals surface area contributed by atoms with E-state index in [-0.39, 0.29) is 11.8 Å². The minimum Gasteiger partial charge on any atom is -0.330 e. The number of Topliss-reactive ketones (excluding diaryl/α,β-unsaturated/α-hetero) is 1. The van der Waals surface area contributed by atoms with Crippen molar-refractivity contribution in [1.29, 1.82) is 0 Å². The summed E-state index contributed by atoms with van der Waals surface area (Å²) in [5, 5.41) is 5.51. The lowest BCUT2D eigenvalue weighted by Gasteiger charge is -2.34. The van der Waals surface area contributed by atoms with Crippen LogP contribution in [0.25, 0.3) is 0 Å². The number of carbonyl (C=O) groups excluding carboxylic acids is 2. The second-order valence-electron chi connectivity index (χ2n) is 5.90. The molecule has 1 fully saturated rings. The zero-order chi connectivity index (χ0) is 17.1. The van der Waals surface area contributed by atoms with Gasteiger partial charge in [0, 0.05) is 11.3 Å². The predicted octanol–water partition coefficient (Wildman–Crippen LogP) is 3.62. The van der Waals surface area contributed by atoms with Crippen molar-refractivity contribution >= 4 is 11.8 Å². The highest BCUT2D eigenvalue weighted by molar-refractivity contribution is 6.01. The Labute approximate surface area is 141 Å². The van der Waals surface area contributed by atoms with E-state index in [1.54, 1.807) is 12.1 Å². The first-order valence-corrected chi connectivity index (χ1v) is 8.04. The quantitative estimate of drug-likeness (QED) is 0.845. The molecule has 0 aliphatic carbocycles. The van der Waals surface area contributed by atoms with E-state index >= 15 is 0 Å². The second kappa shape index (κ2) is 6.71. The molecule has 2 N–H and O–H groups in total. The molecule has 2 amide bonds. The Kier molecular flexibility index (Phi) is 4.47. The van der Waals surface area contributed by atoms with Gasteiger partial charge in [-0.15, -0.1) is 0 Å². The zero-order valence-electron chi connectivity index (χ0n) is 13.6. The van der Waals surface area contributed by atoms with Crippen LogP contribution < -0.4 is 10.6 Å². The van der Waals surface area contributed by atoms with Crippen LogP contribution in [-0.4, -0.2) is 11.8 Å². The molecule has 0 unspecified atom stereocenters. The predicted molar refractivity (Wildman–Crippen MR) is 93.6 cm³/mol. The number of amides is 2. The van der Waals surface area contributed by atoms with Crippen LogP contribution in [0.3, 0.4) is 0 Å². The van der Waals surface area contributed by atoms with E-state index in [9.17, 15) is 9.59 Å². The monoisotopic (exact) mass is 320 g/mol. The molecular weight excluding hydrogens is 300 g/mol. The normalized spacial score (nSPS) is 20.2. The van der Waals surface area contributed by atoms with Gasteiger partial charge in [0.05, 0.1) is 12.0 Å². The Morgan fingerprint density at radius 2 is 1.75 bits per heavy atom. The zero-order valence-corrected chi connectivity index (χ0v) is 13.6. The van der Waals surface area contributed by atoms with Gasteiger partial charge >= 0.3 is 6.03 Å². The first-order chi connectivity index (χ1) is 11.6. The largest absolute Gasteiger partial charge is 0.330 e. The van der Waals surface area contributed by atoms with Crippen LogP contribution in [0.1, 0.15) is 34.5 Å². The van der Waals surface area contributed by atoms with Gasteiger partial charge in [0.25, 0.3) is 0 Å². The van der Waals surface area contributed by atoms with Crippen LogP contribution in [-0.2, 0) is 6.42 Å². The van der Waals surface area contributed by atoms with Gasteiger partial charge in [-0.25, -0.2) is 4.79 Å². The van der Waals surface area contributed by atoms with Crippen molar-refractivity contribution in [2.75, 3.05) is 0 Å². The molecule has 3 rings (SSSR count). The minimum absolute atomic E-state index is 0.0577. The fourth-order valence-corrected chi connectivity index (χ4v) is 3.01. The number of urea groups is 1. The van der Waals surface area contributed by atoms with Crippen LogP contribution in [0.2, 0.25) is 0 Å². The Morgan fingerprint density at radius 3 is 2.38 bits per heavy atom. The van der Waals surface area contributed by atoms with Gasteiger partial charge in [0.2, 0.25) is 0 Å². The van der Waals surface area contributed by atoms with Gasteiger partial charge in [-0.05, 0) is 17.5 Å². The molecule has 1 heterocycles. The summed E-state index contributed by atoms with van der Waals surface area (Å²) >= 11 is 0. The lowest BCUT2D eigenvalue weighted by Crippen LogP contribution is -2.50. The SMILES string of the molecule is C=C1NC(=O)N[C@H](c2ccc(CC)cc2)[C@H]1C(=O)c1ccccc1. The molecule has 4 heteroatoms. The van der Waals surface area contributed by atoms with Crippen LogP contribution >= 0.6 is 0 Å². The molecule has 0 radical (unpaired) electrons. The third-order valence-corrected chi connectivity index (χ3v) is 4.36. The molecule has 1 saturated heterocycles. The topological polar surface area (TPSA) is 58.2 Å². The fraction of sp³-hybridized carbons (Fsp3) is 0.200. The van der Waals surface area contributed by atoms with E-state index in [0.717, 1.165) is 12.0 Å². The summed E-state index contributed by atoms with van der Waals surface area (Å²) in [7, 11) is 0. The van der Waals surface area contributed by atoms with E-state index in [0.29, 0.717) is 11.3 Å². The van der Waals surface area contributed by atoms with Gasteiger partial charge in [0.15, 0.2) is 5.78 Å². The first kappa shape index (κ1) is 16.0. The van der Waals surface area contributed by atoms with Crippen molar-refractivity contribution in [1.82, 2.24) is 10.6 Å². The van der Waals surface area contributed by atoms with Crippen LogP contribution in [0, 0.1) is 5.92 Å². The van der Waals surface area contributed by atoms with Crippen LogP contribution in [0.15, 0.2) is 66.9 Å². The fourth-order valence-electron chi connectivity index (χ4n) is 3.01. The molecule has 2 aromatic carbocycles. The maximum Gasteiger partial charge on any atom is 0.319 e. The standard InChI is InChI=1S/C20H20N2O2/c1-3-14-9-11-15(12-10-14)18-17(13(2)21-20(24)22-18)19(23)16-7-5-4-6-8-16/h4-12,17-18H,2-3H2,1H3,(H2,21,22,24)/t17-,18+/m0/s1. The summed E-state index contributed by atoms with van der Waals surface area (Å²) in [5.74, 6) is -0.602. The molecule has 2 aromatic rings. The van der Waals surface area contributed by atoms with Gasteiger partial charge in [0.1, 0.15) is 0 Å². The average Bonchev–Trinajstić information content (AvgIpc) is 2.61. The lowest BCUT2D eigenvalue weighted by atomic mass is 9.83. The maximum atomic E-state index is 13.0. The third kappa shape index (κ3) is 3.08. The van der Waals surface area contributed by atoms with Crippen molar-refractivity contribution in [2.45, 2.75) is 19.4 Å². The third-order valence-electron chi connectivity index (χ3n) is 4.36. The van der Waals surface area contributed by atoms with Gasteiger partial charge < -0.3 is 10.6 Å². The number of hydrogen-bond donors (Lipinski definition) is 2. The van der Waals surface area contributed by atoms with Crippen LogP contribution in [0.4, 0.5) is 4.79 Å². The molecule has 24 heavy (non-hydrogen) atoms. The number of carbonyl (C=O) groups is 2. The molecule has 0 aromatic heterocycles. The van der Waals surface area contributed by atoms with E-state index in [1.807, 2.05) is 42.5 Å². The Hall–Kier alpha value is -2.88. The molecule has 122 valence electrons. The Morgan fingerprint density at radius 1 is 1.08 bits per heavy atom. The van der Waals surface area contributed by atoms with Gasteiger partial charge in [-0.2, -0.15) is 0 Å². The summed E-state index contributed by atoms with van der Waals surface area (Å²) in [6, 6.07) is 16.3. The van der Waals surface area contributed by atoms with E-state index in [1.165, 1.54) is 5.56 Å². The van der Waals surface area contributed by atoms with E-state index < -0.39 is 12.0 Å². The smallest absolute Gasteiger partial charge is 0.319 e. The number of benzene rings is 2. The van der Waals surface area contributed by atoms with E-state index in [4.69, 9.17) is 0 Å². The summed E-state index contributed by atoms with van der Waals surface area (Å²) in [6.45, 7) is 6.00. The number of rotatable bonds is 4. The van der Waals surface area contributed by atoms with E-state index in [2.05, 4.69) is 24.1 Å². The minimum atomic E-state index is -0.544. The summed E-state index contributed by atoms with van der Waals surface area (Å²) < 4.78 is 0. The highest BCUT2D eigenvalue weighted by Crippen LogP contribution is 2.32. The van der Waals surface area contributed by atoms with Crippen molar-refractivity contribution in [3.8, 4) is 0 Å². The lowest BCUT2D eigenvalue weighted by molar-refractivity contribution is 0.0905. The van der Waals surface area contributed by atoms with Gasteiger partial charge in [-0.1, -0.05) is 68.1 Å². The van der Waals surface area contributed by atoms with Crippen molar-refractivity contribution in [2.24, 2.45) is 5.92 Å². The van der Waals surface area contributed by atoms with Gasteiger partial charge in [-0.3, -0.25) is 4.79 Å². The molecule has 0 saturated carbocycles. The molecule has 2 atom stereocenters. The number of hydrogen-bond acceptors (Lipinski definition) is 2. The molecule has 1 aliphatic heterocycles. The van der Waals surface area contributed by atoms with Crippen LogP contribution in [0.5, 0.6) is 0 Å². The molecular formula is C20H20N2O2. The summed E-state index contributed by atoms with van der Waals surface area (Å²) in [6.07, 6.45) is 0.942. The number of ketones is 1. The van der Waals surface area contributed by atoms with Crippen molar-refractivity contribution < 1.29 is 9.59 Å². The molecule has 0 bridgehead atoms. The highest BCUT2D eigenvalue weighted by atomic mass is 16.2. The van der Waals surface area contributed by atoms with Crippen molar-refractivity contribution in [3.63, 3.8) is 0 Å². The molecule has 0 spiro atoms. The second-order valence-corrected chi connectivity index (χ2v) is 5.90. The molecule has 1 aliphatic rings. The summed E-state index contributed by atoms with van der Waals surface area (Å²) in [5.41, 5.74) is 3.15. The Balaban J connectivity index is 1.97.